The summed E-state index contributed by atoms with van der Waals surface area (Å²) in [6.07, 6.45) is 22.3. The molecule has 7 aromatic rings. The summed E-state index contributed by atoms with van der Waals surface area (Å²) in [6.45, 7) is 6.77. The van der Waals surface area contributed by atoms with Gasteiger partial charge in [-0.1, -0.05) is 131 Å². The molecule has 0 fully saturated rings. The largest absolute Gasteiger partial charge is 0.292 e. The normalized spacial score (nSPS) is 15.3. The van der Waals surface area contributed by atoms with Crippen molar-refractivity contribution in [1.29, 1.82) is 0 Å². The van der Waals surface area contributed by atoms with Crippen LogP contribution in [0.3, 0.4) is 0 Å². The molecule has 1 heteroatoms. The maximum Gasteiger partial charge on any atom is 0.0417 e. The monoisotopic (exact) mass is 609 g/mol. The molecule has 0 aromatic heterocycles. The molecule has 0 saturated carbocycles. The molecule has 0 amide bonds. The Balaban J connectivity index is 1.51. The van der Waals surface area contributed by atoms with E-state index in [0.29, 0.717) is 5.92 Å². The predicted molar refractivity (Wildman–Crippen MR) is 209 cm³/mol. The van der Waals surface area contributed by atoms with Gasteiger partial charge in [-0.05, 0) is 131 Å². The molecule has 0 bridgehead atoms. The topological polar surface area (TPSA) is 12.4 Å². The molecule has 1 atom stereocenters. The summed E-state index contributed by atoms with van der Waals surface area (Å²) in [5.41, 5.74) is 6.72. The molecule has 0 radical (unpaired) electrons. The van der Waals surface area contributed by atoms with Crippen LogP contribution in [0, 0.1) is 5.92 Å². The lowest BCUT2D eigenvalue weighted by molar-refractivity contribution is 0.698. The highest BCUT2D eigenvalue weighted by Gasteiger charge is 2.26. The fourth-order valence-electron chi connectivity index (χ4n) is 8.23. The van der Waals surface area contributed by atoms with E-state index in [4.69, 9.17) is 4.99 Å². The lowest BCUT2D eigenvalue weighted by atomic mass is 9.86. The Morgan fingerprint density at radius 1 is 0.766 bits per heavy atom. The number of nitrogens with zero attached hydrogens (tertiary/aromatic N) is 1. The highest BCUT2D eigenvalue weighted by molar-refractivity contribution is 6.47. The molecule has 0 N–H and O–H groups in total. The molecule has 1 aliphatic carbocycles. The molecule has 232 valence electrons. The fraction of sp³-hybridized carbons (Fsp3) is 0.239. The Labute approximate surface area is 278 Å². The molecular weight excluding hydrogens is 567 g/mol. The van der Waals surface area contributed by atoms with E-state index in [1.807, 2.05) is 7.05 Å². The van der Waals surface area contributed by atoms with Gasteiger partial charge in [0.25, 0.3) is 0 Å². The van der Waals surface area contributed by atoms with Gasteiger partial charge in [0.15, 0.2) is 0 Å². The number of aliphatic imine (C=N–C) groups is 1. The summed E-state index contributed by atoms with van der Waals surface area (Å²) in [5, 5.41) is 16.7. The lowest BCUT2D eigenvalue weighted by Gasteiger charge is -2.18. The van der Waals surface area contributed by atoms with Gasteiger partial charge in [-0.2, -0.15) is 0 Å². The summed E-state index contributed by atoms with van der Waals surface area (Å²) < 4.78 is 0. The van der Waals surface area contributed by atoms with Crippen molar-refractivity contribution >= 4 is 75.9 Å². The Bertz CT molecular complexity index is 2440. The second-order valence-electron chi connectivity index (χ2n) is 13.5. The Morgan fingerprint density at radius 2 is 1.53 bits per heavy atom. The average Bonchev–Trinajstić information content (AvgIpc) is 3.62. The first-order valence-corrected chi connectivity index (χ1v) is 17.6. The highest BCUT2D eigenvalue weighted by Crippen LogP contribution is 2.53. The standard InChI is InChI=1S/C46H43N/c1-5-16-40(47-4)32-27-38-34-21-13-14-22-35(34)44-43(38)39(28-32)41(31-19-11-8-12-20-31)45-36-24-15-23-33-30(18-10-7-9-17-29(3)6-2)25-26-37(42(33)36)46(44)45/h7-11,13-15,17,19,21-29H,5-6,12,16,18,20H2,1-4H3/b10-7-,17-9-,47-40?. The van der Waals surface area contributed by atoms with Gasteiger partial charge in [0.2, 0.25) is 0 Å². The number of fused-ring (bicyclic) bond motifs is 7. The molecule has 7 aromatic carbocycles. The van der Waals surface area contributed by atoms with Crippen LogP contribution in [0.15, 0.2) is 114 Å². The van der Waals surface area contributed by atoms with E-state index in [1.54, 1.807) is 0 Å². The SMILES string of the molecule is CCCC(=NC)c1cc2c(C3=CC=CCC3)c3c4cccc5c(C/C=C\C=C/C(C)CC)ccc(c54)c3c3c4ccccc4c(c1)c23. The summed E-state index contributed by atoms with van der Waals surface area (Å²) in [5.74, 6) is 0.612. The van der Waals surface area contributed by atoms with Crippen molar-refractivity contribution in [2.45, 2.75) is 59.3 Å². The minimum Gasteiger partial charge on any atom is -0.292 e. The van der Waals surface area contributed by atoms with E-state index in [2.05, 4.69) is 130 Å². The lowest BCUT2D eigenvalue weighted by Crippen LogP contribution is -2.01. The van der Waals surface area contributed by atoms with Gasteiger partial charge in [0.1, 0.15) is 0 Å². The molecule has 1 unspecified atom stereocenters. The maximum absolute atomic E-state index is 4.82. The van der Waals surface area contributed by atoms with E-state index in [0.717, 1.165) is 32.1 Å². The van der Waals surface area contributed by atoms with Crippen molar-refractivity contribution in [2.75, 3.05) is 7.05 Å². The van der Waals surface area contributed by atoms with Crippen molar-refractivity contribution in [1.82, 2.24) is 0 Å². The Kier molecular flexibility index (Phi) is 7.64. The third kappa shape index (κ3) is 4.70. The second-order valence-corrected chi connectivity index (χ2v) is 13.5. The summed E-state index contributed by atoms with van der Waals surface area (Å²) in [4.78, 5) is 4.82. The zero-order valence-electron chi connectivity index (χ0n) is 28.2. The minimum absolute atomic E-state index is 0.612. The third-order valence-corrected chi connectivity index (χ3v) is 10.7. The van der Waals surface area contributed by atoms with Crippen LogP contribution < -0.4 is 0 Å². The first-order valence-electron chi connectivity index (χ1n) is 17.6. The average molecular weight is 610 g/mol. The zero-order valence-corrected chi connectivity index (χ0v) is 28.2. The highest BCUT2D eigenvalue weighted by atomic mass is 14.7. The smallest absolute Gasteiger partial charge is 0.0417 e. The number of hydrogen-bond acceptors (Lipinski definition) is 1. The van der Waals surface area contributed by atoms with Crippen molar-refractivity contribution in [3.63, 3.8) is 0 Å². The van der Waals surface area contributed by atoms with E-state index < -0.39 is 0 Å². The molecular formula is C46H43N. The number of benzene rings is 5. The molecule has 1 nitrogen and oxygen atoms in total. The molecule has 1 aliphatic rings. The van der Waals surface area contributed by atoms with Gasteiger partial charge < -0.3 is 0 Å². The molecule has 0 aliphatic heterocycles. The van der Waals surface area contributed by atoms with Gasteiger partial charge in [-0.25, -0.2) is 0 Å². The number of hydrogen-bond donors (Lipinski definition) is 0. The van der Waals surface area contributed by atoms with Gasteiger partial charge in [0, 0.05) is 12.8 Å². The molecule has 0 heterocycles. The maximum atomic E-state index is 4.82. The van der Waals surface area contributed by atoms with Gasteiger partial charge in [0.05, 0.1) is 0 Å². The van der Waals surface area contributed by atoms with Crippen LogP contribution in [0.2, 0.25) is 0 Å². The number of allylic oxidation sites excluding steroid dienone is 8. The molecule has 0 spiro atoms. The van der Waals surface area contributed by atoms with Crippen molar-refractivity contribution in [2.24, 2.45) is 10.9 Å². The van der Waals surface area contributed by atoms with E-state index >= 15 is 0 Å². The van der Waals surface area contributed by atoms with Crippen LogP contribution in [-0.4, -0.2) is 12.8 Å². The van der Waals surface area contributed by atoms with Crippen LogP contribution >= 0.6 is 0 Å². The quantitative estimate of drug-likeness (QED) is 0.114. The first-order chi connectivity index (χ1) is 23.1. The third-order valence-electron chi connectivity index (χ3n) is 10.7. The molecule has 47 heavy (non-hydrogen) atoms. The van der Waals surface area contributed by atoms with Crippen LogP contribution in [0.5, 0.6) is 0 Å². The predicted octanol–water partition coefficient (Wildman–Crippen LogP) is 13.1. The van der Waals surface area contributed by atoms with Crippen LogP contribution in [0.25, 0.3) is 70.2 Å². The van der Waals surface area contributed by atoms with Crippen LogP contribution in [0.4, 0.5) is 0 Å². The van der Waals surface area contributed by atoms with Crippen molar-refractivity contribution in [3.05, 3.63) is 126 Å². The van der Waals surface area contributed by atoms with E-state index in [9.17, 15) is 0 Å². The van der Waals surface area contributed by atoms with E-state index in [1.165, 1.54) is 99.0 Å². The van der Waals surface area contributed by atoms with Gasteiger partial charge in [-0.3, -0.25) is 4.99 Å². The van der Waals surface area contributed by atoms with Crippen molar-refractivity contribution in [3.8, 4) is 0 Å². The van der Waals surface area contributed by atoms with Gasteiger partial charge >= 0.3 is 0 Å². The van der Waals surface area contributed by atoms with Crippen LogP contribution in [-0.2, 0) is 6.42 Å². The number of rotatable bonds is 9. The summed E-state index contributed by atoms with van der Waals surface area (Å²) in [7, 11) is 1.96. The summed E-state index contributed by atoms with van der Waals surface area (Å²) in [6, 6.07) is 25.8. The fourth-order valence-corrected chi connectivity index (χ4v) is 8.23. The Morgan fingerprint density at radius 3 is 2.32 bits per heavy atom. The molecule has 0 saturated heterocycles. The molecule has 8 rings (SSSR count). The van der Waals surface area contributed by atoms with Gasteiger partial charge in [-0.15, -0.1) is 0 Å². The summed E-state index contributed by atoms with van der Waals surface area (Å²) >= 11 is 0. The van der Waals surface area contributed by atoms with Crippen molar-refractivity contribution < 1.29 is 0 Å². The zero-order chi connectivity index (χ0) is 32.1. The Hall–Kier alpha value is -4.75. The minimum atomic E-state index is 0.612. The first kappa shape index (κ1) is 29.6. The van der Waals surface area contributed by atoms with Crippen LogP contribution in [0.1, 0.15) is 69.6 Å². The van der Waals surface area contributed by atoms with E-state index in [-0.39, 0.29) is 0 Å². The second kappa shape index (κ2) is 12.1.